The van der Waals surface area contributed by atoms with E-state index in [1.165, 1.54) is 4.68 Å². The number of nitrogens with zero attached hydrogens (tertiary/aromatic N) is 7. The second kappa shape index (κ2) is 7.66. The second-order valence-corrected chi connectivity index (χ2v) is 7.40. The van der Waals surface area contributed by atoms with Crippen molar-refractivity contribution in [3.8, 4) is 0 Å². The molecule has 3 heterocycles. The summed E-state index contributed by atoms with van der Waals surface area (Å²) in [6, 6.07) is 0. The number of piperidine rings is 1. The SMILES string of the molecule is CCn1c(C2CCN(C(=O)[C@@H](C)Cn3nc(C)nc3C)CC2)nn(C)c1=O. The minimum absolute atomic E-state index is 0.0712. The van der Waals surface area contributed by atoms with Crippen LogP contribution in [-0.4, -0.2) is 53.0 Å². The van der Waals surface area contributed by atoms with Crippen molar-refractivity contribution in [2.45, 2.75) is 59.5 Å². The monoisotopic (exact) mass is 375 g/mol. The third-order valence-corrected chi connectivity index (χ3v) is 5.36. The van der Waals surface area contributed by atoms with Gasteiger partial charge in [-0.15, -0.1) is 0 Å². The van der Waals surface area contributed by atoms with E-state index in [1.807, 2.05) is 32.6 Å². The lowest BCUT2D eigenvalue weighted by atomic mass is 9.95. The van der Waals surface area contributed by atoms with E-state index in [1.54, 1.807) is 16.3 Å². The van der Waals surface area contributed by atoms with Crippen LogP contribution in [0.25, 0.3) is 0 Å². The number of hydrogen-bond donors (Lipinski definition) is 0. The Kier molecular flexibility index (Phi) is 5.48. The molecule has 9 heteroatoms. The molecule has 9 nitrogen and oxygen atoms in total. The van der Waals surface area contributed by atoms with Gasteiger partial charge < -0.3 is 4.90 Å². The molecule has 148 valence electrons. The van der Waals surface area contributed by atoms with Crippen LogP contribution in [0.4, 0.5) is 0 Å². The van der Waals surface area contributed by atoms with Gasteiger partial charge in [0.15, 0.2) is 0 Å². The van der Waals surface area contributed by atoms with Gasteiger partial charge in [-0.1, -0.05) is 6.92 Å². The van der Waals surface area contributed by atoms with Crippen LogP contribution in [0.1, 0.15) is 50.1 Å². The Morgan fingerprint density at radius 3 is 2.44 bits per heavy atom. The number of aryl methyl sites for hydroxylation is 3. The van der Waals surface area contributed by atoms with Gasteiger partial charge >= 0.3 is 5.69 Å². The Labute approximate surface area is 159 Å². The second-order valence-electron chi connectivity index (χ2n) is 7.40. The molecule has 1 amide bonds. The zero-order chi connectivity index (χ0) is 19.7. The van der Waals surface area contributed by atoms with E-state index >= 15 is 0 Å². The van der Waals surface area contributed by atoms with Gasteiger partial charge in [-0.2, -0.15) is 10.2 Å². The van der Waals surface area contributed by atoms with Crippen LogP contribution in [-0.2, 0) is 24.9 Å². The maximum atomic E-state index is 12.8. The Hall–Kier alpha value is -2.45. The number of hydrogen-bond acceptors (Lipinski definition) is 5. The molecule has 27 heavy (non-hydrogen) atoms. The van der Waals surface area contributed by atoms with E-state index in [0.29, 0.717) is 26.2 Å². The molecule has 0 radical (unpaired) electrons. The molecule has 1 fully saturated rings. The summed E-state index contributed by atoms with van der Waals surface area (Å²) in [4.78, 5) is 31.2. The minimum Gasteiger partial charge on any atom is -0.342 e. The van der Waals surface area contributed by atoms with Crippen LogP contribution in [0.15, 0.2) is 4.79 Å². The highest BCUT2D eigenvalue weighted by molar-refractivity contribution is 5.78. The van der Waals surface area contributed by atoms with Crippen molar-refractivity contribution in [3.63, 3.8) is 0 Å². The number of rotatable bonds is 5. The molecule has 1 saturated heterocycles. The van der Waals surface area contributed by atoms with E-state index in [0.717, 1.165) is 30.3 Å². The van der Waals surface area contributed by atoms with Gasteiger partial charge in [0.25, 0.3) is 0 Å². The molecule has 0 aromatic carbocycles. The molecule has 1 aliphatic rings. The Morgan fingerprint density at radius 1 is 1.22 bits per heavy atom. The summed E-state index contributed by atoms with van der Waals surface area (Å²) < 4.78 is 4.94. The average Bonchev–Trinajstić information content (AvgIpc) is 3.12. The molecule has 0 unspecified atom stereocenters. The van der Waals surface area contributed by atoms with E-state index in [4.69, 9.17) is 0 Å². The predicted molar refractivity (Wildman–Crippen MR) is 100 cm³/mol. The highest BCUT2D eigenvalue weighted by Gasteiger charge is 2.30. The molecule has 0 spiro atoms. The molecule has 0 saturated carbocycles. The standard InChI is InChI=1S/C18H29N7O2/c1-6-24-16(21-22(5)18(24)27)15-7-9-23(10-8-15)17(26)12(2)11-25-14(4)19-13(3)20-25/h12,15H,6-11H2,1-5H3/t12-/m0/s1. The summed E-state index contributed by atoms with van der Waals surface area (Å²) in [7, 11) is 1.69. The zero-order valence-corrected chi connectivity index (χ0v) is 16.8. The van der Waals surface area contributed by atoms with Gasteiger partial charge in [0.1, 0.15) is 17.5 Å². The lowest BCUT2D eigenvalue weighted by Crippen LogP contribution is -2.42. The molecular formula is C18H29N7O2. The average molecular weight is 375 g/mol. The molecule has 1 atom stereocenters. The summed E-state index contributed by atoms with van der Waals surface area (Å²) >= 11 is 0. The van der Waals surface area contributed by atoms with E-state index in [2.05, 4.69) is 15.2 Å². The van der Waals surface area contributed by atoms with Gasteiger partial charge in [0.05, 0.1) is 12.5 Å². The quantitative estimate of drug-likeness (QED) is 0.773. The highest BCUT2D eigenvalue weighted by Crippen LogP contribution is 2.27. The van der Waals surface area contributed by atoms with Gasteiger partial charge in [-0.25, -0.2) is 19.1 Å². The molecule has 2 aromatic rings. The van der Waals surface area contributed by atoms with Crippen molar-refractivity contribution < 1.29 is 4.79 Å². The topological polar surface area (TPSA) is 90.8 Å². The van der Waals surface area contributed by atoms with Crippen LogP contribution in [0, 0.1) is 19.8 Å². The Balaban J connectivity index is 1.61. The van der Waals surface area contributed by atoms with Gasteiger partial charge in [0.2, 0.25) is 5.91 Å². The van der Waals surface area contributed by atoms with Crippen LogP contribution < -0.4 is 5.69 Å². The van der Waals surface area contributed by atoms with Gasteiger partial charge in [0, 0.05) is 32.6 Å². The van der Waals surface area contributed by atoms with Crippen molar-refractivity contribution in [1.82, 2.24) is 34.0 Å². The molecule has 0 bridgehead atoms. The van der Waals surface area contributed by atoms with Crippen LogP contribution in [0.3, 0.4) is 0 Å². The first kappa shape index (κ1) is 19.3. The number of aromatic nitrogens is 6. The van der Waals surface area contributed by atoms with E-state index in [9.17, 15) is 9.59 Å². The lowest BCUT2D eigenvalue weighted by molar-refractivity contribution is -0.136. The maximum Gasteiger partial charge on any atom is 0.345 e. The van der Waals surface area contributed by atoms with Crippen molar-refractivity contribution in [2.75, 3.05) is 13.1 Å². The van der Waals surface area contributed by atoms with Gasteiger partial charge in [-0.3, -0.25) is 9.36 Å². The normalized spacial score (nSPS) is 16.7. The van der Waals surface area contributed by atoms with E-state index in [-0.39, 0.29) is 23.4 Å². The number of carbonyl (C=O) groups excluding carboxylic acids is 1. The molecular weight excluding hydrogens is 346 g/mol. The molecule has 1 aliphatic heterocycles. The zero-order valence-electron chi connectivity index (χ0n) is 16.8. The molecule has 2 aromatic heterocycles. The smallest absolute Gasteiger partial charge is 0.342 e. The lowest BCUT2D eigenvalue weighted by Gasteiger charge is -2.33. The summed E-state index contributed by atoms with van der Waals surface area (Å²) in [5.74, 6) is 2.63. The fourth-order valence-electron chi connectivity index (χ4n) is 3.86. The first-order chi connectivity index (χ1) is 12.8. The number of carbonyl (C=O) groups is 1. The van der Waals surface area contributed by atoms with Crippen LogP contribution >= 0.6 is 0 Å². The highest BCUT2D eigenvalue weighted by atomic mass is 16.2. The summed E-state index contributed by atoms with van der Waals surface area (Å²) in [6.07, 6.45) is 1.66. The first-order valence-corrected chi connectivity index (χ1v) is 9.62. The molecule has 3 rings (SSSR count). The van der Waals surface area contributed by atoms with Crippen molar-refractivity contribution in [2.24, 2.45) is 13.0 Å². The van der Waals surface area contributed by atoms with Crippen LogP contribution in [0.5, 0.6) is 0 Å². The maximum absolute atomic E-state index is 12.8. The fraction of sp³-hybridized carbons (Fsp3) is 0.722. The largest absolute Gasteiger partial charge is 0.345 e. The van der Waals surface area contributed by atoms with Gasteiger partial charge in [-0.05, 0) is 33.6 Å². The first-order valence-electron chi connectivity index (χ1n) is 9.62. The van der Waals surface area contributed by atoms with Crippen molar-refractivity contribution >= 4 is 5.91 Å². The third kappa shape index (κ3) is 3.81. The molecule has 0 aliphatic carbocycles. The van der Waals surface area contributed by atoms with Crippen molar-refractivity contribution in [3.05, 3.63) is 28.0 Å². The summed E-state index contributed by atoms with van der Waals surface area (Å²) in [5, 5.41) is 8.77. The summed E-state index contributed by atoms with van der Waals surface area (Å²) in [5.41, 5.74) is -0.0712. The van der Waals surface area contributed by atoms with Crippen LogP contribution in [0.2, 0.25) is 0 Å². The Morgan fingerprint density at radius 2 is 1.89 bits per heavy atom. The Bertz CT molecular complexity index is 871. The number of amides is 1. The summed E-state index contributed by atoms with van der Waals surface area (Å²) in [6.45, 7) is 10.2. The molecule has 0 N–H and O–H groups in total. The van der Waals surface area contributed by atoms with E-state index < -0.39 is 0 Å². The minimum atomic E-state index is -0.148. The predicted octanol–water partition coefficient (Wildman–Crippen LogP) is 0.852. The fourth-order valence-corrected chi connectivity index (χ4v) is 3.86. The third-order valence-electron chi connectivity index (χ3n) is 5.36. The van der Waals surface area contributed by atoms with Crippen molar-refractivity contribution in [1.29, 1.82) is 0 Å². The number of likely N-dealkylation sites (tertiary alicyclic amines) is 1.